The molecule has 0 spiro atoms. The molecular weight excluding hydrogens is 508 g/mol. The molecule has 0 bridgehead atoms. The van der Waals surface area contributed by atoms with E-state index in [1.807, 2.05) is 24.3 Å². The number of nitrogens with one attached hydrogen (secondary N) is 1. The van der Waals surface area contributed by atoms with Gasteiger partial charge in [-0.2, -0.15) is 0 Å². The van der Waals surface area contributed by atoms with Crippen LogP contribution >= 0.6 is 0 Å². The molecule has 5 nitrogen and oxygen atoms in total. The van der Waals surface area contributed by atoms with Crippen molar-refractivity contribution in [2.24, 2.45) is 5.92 Å². The molecule has 4 aromatic rings. The molecule has 1 aliphatic carbocycles. The number of carbonyl (C=O) groups is 2. The maximum atomic E-state index is 13.3. The number of para-hydroxylation sites is 1. The summed E-state index contributed by atoms with van der Waals surface area (Å²) >= 11 is 0. The second kappa shape index (κ2) is 12.5. The zero-order valence-electron chi connectivity index (χ0n) is 23.9. The molecule has 0 unspecified atom stereocenters. The van der Waals surface area contributed by atoms with Gasteiger partial charge in [-0.3, -0.25) is 14.6 Å². The van der Waals surface area contributed by atoms with Gasteiger partial charge in [0.2, 0.25) is 0 Å². The molecule has 5 heteroatoms. The lowest BCUT2D eigenvalue weighted by molar-refractivity contribution is -0.136. The molecule has 0 atom stereocenters. The third kappa shape index (κ3) is 6.74. The van der Waals surface area contributed by atoms with E-state index in [1.54, 1.807) is 12.3 Å². The Morgan fingerprint density at radius 3 is 2.37 bits per heavy atom. The summed E-state index contributed by atoms with van der Waals surface area (Å²) in [5, 5.41) is 12.9. The lowest BCUT2D eigenvalue weighted by Crippen LogP contribution is -2.14. The predicted octanol–water partition coefficient (Wildman–Crippen LogP) is 8.97. The van der Waals surface area contributed by atoms with E-state index < -0.39 is 5.97 Å². The summed E-state index contributed by atoms with van der Waals surface area (Å²) in [4.78, 5) is 28.8. The van der Waals surface area contributed by atoms with Crippen molar-refractivity contribution in [2.75, 3.05) is 5.32 Å². The van der Waals surface area contributed by atoms with E-state index in [-0.39, 0.29) is 12.3 Å². The Balaban J connectivity index is 1.27. The number of anilines is 1. The predicted molar refractivity (Wildman–Crippen MR) is 166 cm³/mol. The second-order valence-corrected chi connectivity index (χ2v) is 11.7. The number of carboxylic acid groups (broad SMARTS) is 1. The summed E-state index contributed by atoms with van der Waals surface area (Å²) in [6.45, 7) is 8.20. The lowest BCUT2D eigenvalue weighted by Gasteiger charge is -2.29. The van der Waals surface area contributed by atoms with E-state index in [9.17, 15) is 9.59 Å². The van der Waals surface area contributed by atoms with E-state index in [0.29, 0.717) is 23.3 Å². The fourth-order valence-corrected chi connectivity index (χ4v) is 6.17. The van der Waals surface area contributed by atoms with Gasteiger partial charge in [0, 0.05) is 17.3 Å². The average molecular weight is 547 g/mol. The molecule has 1 amide bonds. The fraction of sp³-hybridized carbons (Fsp3) is 0.306. The normalized spacial score (nSPS) is 17.0. The van der Waals surface area contributed by atoms with Crippen molar-refractivity contribution in [3.8, 4) is 11.1 Å². The molecular formula is C36H38N2O3. The molecule has 41 heavy (non-hydrogen) atoms. The largest absolute Gasteiger partial charge is 0.481 e. The molecule has 1 aromatic heterocycles. The summed E-state index contributed by atoms with van der Waals surface area (Å²) in [6.07, 6.45) is 7.07. The summed E-state index contributed by atoms with van der Waals surface area (Å²) in [6, 6.07) is 24.6. The molecule has 2 N–H and O–H groups in total. The second-order valence-electron chi connectivity index (χ2n) is 11.7. The van der Waals surface area contributed by atoms with Gasteiger partial charge in [-0.25, -0.2) is 0 Å². The van der Waals surface area contributed by atoms with E-state index >= 15 is 0 Å². The van der Waals surface area contributed by atoms with Crippen LogP contribution in [0.1, 0.15) is 85.7 Å². The van der Waals surface area contributed by atoms with Crippen LogP contribution in [0, 0.1) is 5.92 Å². The molecule has 210 valence electrons. The van der Waals surface area contributed by atoms with Crippen LogP contribution in [0.25, 0.3) is 22.0 Å². The number of amides is 1. The lowest BCUT2D eigenvalue weighted by atomic mass is 9.76. The van der Waals surface area contributed by atoms with Gasteiger partial charge in [-0.1, -0.05) is 80.6 Å². The standard InChI is InChI=1S/C36H38N2O3/c1-23(2)30-6-4-5-7-33(30)38-36(41)32-18-19-37-34-22-29(16-17-31(32)34)28-14-12-27(13-15-28)26-10-8-25(9-11-26)20-24(3)21-35(39)40/h4-7,12-19,22-23,25-26H,3,8-11,20-21H2,1-2H3,(H,38,41)(H,39,40). The average Bonchev–Trinajstić information content (AvgIpc) is 2.97. The van der Waals surface area contributed by atoms with Gasteiger partial charge in [0.05, 0.1) is 17.5 Å². The van der Waals surface area contributed by atoms with Crippen molar-refractivity contribution in [1.29, 1.82) is 0 Å². The van der Waals surface area contributed by atoms with Crippen LogP contribution in [0.4, 0.5) is 5.69 Å². The Kier molecular flexibility index (Phi) is 8.63. The van der Waals surface area contributed by atoms with Gasteiger partial charge in [0.15, 0.2) is 0 Å². The highest BCUT2D eigenvalue weighted by Crippen LogP contribution is 2.39. The minimum Gasteiger partial charge on any atom is -0.481 e. The third-order valence-electron chi connectivity index (χ3n) is 8.36. The Morgan fingerprint density at radius 2 is 1.66 bits per heavy atom. The maximum Gasteiger partial charge on any atom is 0.307 e. The van der Waals surface area contributed by atoms with Crippen LogP contribution in [0.3, 0.4) is 0 Å². The van der Waals surface area contributed by atoms with Crippen LogP contribution in [-0.4, -0.2) is 22.0 Å². The van der Waals surface area contributed by atoms with Gasteiger partial charge in [-0.15, -0.1) is 0 Å². The van der Waals surface area contributed by atoms with Crippen LogP contribution < -0.4 is 5.32 Å². The zero-order chi connectivity index (χ0) is 28.9. The number of carboxylic acids is 1. The number of benzene rings is 3. The zero-order valence-corrected chi connectivity index (χ0v) is 23.9. The highest BCUT2D eigenvalue weighted by Gasteiger charge is 2.23. The number of nitrogens with zero attached hydrogens (tertiary/aromatic N) is 1. The van der Waals surface area contributed by atoms with E-state index in [0.717, 1.165) is 71.0 Å². The monoisotopic (exact) mass is 546 g/mol. The Hall–Kier alpha value is -4.25. The summed E-state index contributed by atoms with van der Waals surface area (Å²) in [7, 11) is 0. The number of hydrogen-bond donors (Lipinski definition) is 2. The molecule has 3 aromatic carbocycles. The van der Waals surface area contributed by atoms with Gasteiger partial charge >= 0.3 is 5.97 Å². The summed E-state index contributed by atoms with van der Waals surface area (Å²) in [5.74, 6) is 0.455. The van der Waals surface area contributed by atoms with Crippen molar-refractivity contribution in [1.82, 2.24) is 4.98 Å². The van der Waals surface area contributed by atoms with Crippen molar-refractivity contribution >= 4 is 28.5 Å². The van der Waals surface area contributed by atoms with Gasteiger partial charge in [0.25, 0.3) is 5.91 Å². The third-order valence-corrected chi connectivity index (χ3v) is 8.36. The molecule has 1 heterocycles. The molecule has 1 aliphatic rings. The van der Waals surface area contributed by atoms with E-state index in [2.05, 4.69) is 73.2 Å². The first-order valence-electron chi connectivity index (χ1n) is 14.6. The van der Waals surface area contributed by atoms with Crippen molar-refractivity contribution in [3.05, 3.63) is 108 Å². The number of carbonyl (C=O) groups excluding carboxylic acids is 1. The van der Waals surface area contributed by atoms with Crippen molar-refractivity contribution in [3.63, 3.8) is 0 Å². The van der Waals surface area contributed by atoms with E-state index in [1.165, 1.54) is 5.56 Å². The highest BCUT2D eigenvalue weighted by molar-refractivity contribution is 6.12. The van der Waals surface area contributed by atoms with Crippen LogP contribution in [0.15, 0.2) is 91.1 Å². The van der Waals surface area contributed by atoms with Crippen LogP contribution in [0.2, 0.25) is 0 Å². The minimum atomic E-state index is -0.792. The Labute approximate surface area is 242 Å². The van der Waals surface area contributed by atoms with Gasteiger partial charge in [-0.05, 0) is 90.3 Å². The van der Waals surface area contributed by atoms with Gasteiger partial charge < -0.3 is 10.4 Å². The molecule has 0 saturated heterocycles. The number of aromatic nitrogens is 1. The molecule has 0 aliphatic heterocycles. The highest BCUT2D eigenvalue weighted by atomic mass is 16.4. The molecule has 5 rings (SSSR count). The SMILES string of the molecule is C=C(CC(=O)O)CC1CCC(c2ccc(-c3ccc4c(C(=O)Nc5ccccc5C(C)C)ccnc4c3)cc2)CC1. The number of rotatable bonds is 9. The number of hydrogen-bond acceptors (Lipinski definition) is 3. The summed E-state index contributed by atoms with van der Waals surface area (Å²) < 4.78 is 0. The first-order chi connectivity index (χ1) is 19.8. The Bertz CT molecular complexity index is 1560. The molecule has 0 radical (unpaired) electrons. The smallest absolute Gasteiger partial charge is 0.307 e. The van der Waals surface area contributed by atoms with Crippen molar-refractivity contribution in [2.45, 2.75) is 64.2 Å². The Morgan fingerprint density at radius 1 is 0.951 bits per heavy atom. The minimum absolute atomic E-state index is 0.0764. The first-order valence-corrected chi connectivity index (χ1v) is 14.6. The summed E-state index contributed by atoms with van der Waals surface area (Å²) in [5.41, 5.74) is 7.73. The quantitative estimate of drug-likeness (QED) is 0.205. The number of fused-ring (bicyclic) bond motifs is 1. The topological polar surface area (TPSA) is 79.3 Å². The number of aliphatic carboxylic acids is 1. The molecule has 1 saturated carbocycles. The fourth-order valence-electron chi connectivity index (χ4n) is 6.17. The maximum absolute atomic E-state index is 13.3. The van der Waals surface area contributed by atoms with Crippen LogP contribution in [-0.2, 0) is 4.79 Å². The first kappa shape index (κ1) is 28.3. The number of pyridine rings is 1. The van der Waals surface area contributed by atoms with Crippen molar-refractivity contribution < 1.29 is 14.7 Å². The van der Waals surface area contributed by atoms with Gasteiger partial charge in [0.1, 0.15) is 0 Å². The van der Waals surface area contributed by atoms with Crippen LogP contribution in [0.5, 0.6) is 0 Å². The van der Waals surface area contributed by atoms with E-state index in [4.69, 9.17) is 5.11 Å². The molecule has 1 fully saturated rings.